The molecule has 0 aliphatic rings. The van der Waals surface area contributed by atoms with E-state index in [1.165, 1.54) is 16.7 Å². The molecule has 4 aromatic rings. The molecule has 0 fully saturated rings. The second kappa shape index (κ2) is 7.21. The Balaban J connectivity index is 1.65. The standard InChI is InChI=1S/C20H12FN3O3S/c21-14-5-3-7-16-13(14)10-17(28-16)20(26)27-11-18-23-15-6-2-1-4-12(15)19(25)24(18)9-8-22/h1-7,10H,9,11H2. The number of esters is 1. The van der Waals surface area contributed by atoms with Gasteiger partial charge in [0.05, 0.1) is 17.0 Å². The SMILES string of the molecule is N#CCn1c(COC(=O)c2cc3c(F)cccc3s2)nc2ccccc2c1=O. The number of ether oxygens (including phenoxy) is 1. The number of aromatic nitrogens is 2. The molecule has 28 heavy (non-hydrogen) atoms. The molecule has 2 aromatic heterocycles. The maximum Gasteiger partial charge on any atom is 0.348 e. The molecule has 0 aliphatic carbocycles. The monoisotopic (exact) mass is 393 g/mol. The van der Waals surface area contributed by atoms with Gasteiger partial charge in [-0.25, -0.2) is 14.2 Å². The normalized spacial score (nSPS) is 10.9. The molecular formula is C20H12FN3O3S. The van der Waals surface area contributed by atoms with Crippen molar-refractivity contribution in [3.8, 4) is 6.07 Å². The lowest BCUT2D eigenvalue weighted by atomic mass is 10.2. The van der Waals surface area contributed by atoms with Crippen LogP contribution in [0.25, 0.3) is 21.0 Å². The molecule has 0 N–H and O–H groups in total. The Morgan fingerprint density at radius 2 is 2.04 bits per heavy atom. The van der Waals surface area contributed by atoms with Gasteiger partial charge in [-0.3, -0.25) is 9.36 Å². The molecule has 6 nitrogen and oxygen atoms in total. The largest absolute Gasteiger partial charge is 0.453 e. The summed E-state index contributed by atoms with van der Waals surface area (Å²) in [5.41, 5.74) is 0.0822. The van der Waals surface area contributed by atoms with Crippen molar-refractivity contribution in [3.63, 3.8) is 0 Å². The first-order valence-corrected chi connectivity index (χ1v) is 9.10. The van der Waals surface area contributed by atoms with Crippen molar-refractivity contribution < 1.29 is 13.9 Å². The van der Waals surface area contributed by atoms with Crippen molar-refractivity contribution >= 4 is 38.3 Å². The number of nitrogens with zero attached hydrogens (tertiary/aromatic N) is 3. The number of nitriles is 1. The van der Waals surface area contributed by atoms with E-state index in [-0.39, 0.29) is 29.4 Å². The molecule has 0 spiro atoms. The number of para-hydroxylation sites is 1. The summed E-state index contributed by atoms with van der Waals surface area (Å²) in [4.78, 5) is 29.6. The highest BCUT2D eigenvalue weighted by molar-refractivity contribution is 7.20. The summed E-state index contributed by atoms with van der Waals surface area (Å²) in [6.45, 7) is -0.491. The van der Waals surface area contributed by atoms with Gasteiger partial charge in [0.25, 0.3) is 5.56 Å². The van der Waals surface area contributed by atoms with E-state index in [0.29, 0.717) is 21.0 Å². The predicted molar refractivity (Wildman–Crippen MR) is 103 cm³/mol. The van der Waals surface area contributed by atoms with Crippen molar-refractivity contribution in [1.29, 1.82) is 5.26 Å². The average molecular weight is 393 g/mol. The lowest BCUT2D eigenvalue weighted by Crippen LogP contribution is -2.26. The van der Waals surface area contributed by atoms with E-state index in [9.17, 15) is 14.0 Å². The zero-order valence-electron chi connectivity index (χ0n) is 14.4. The zero-order chi connectivity index (χ0) is 19.7. The van der Waals surface area contributed by atoms with Crippen molar-refractivity contribution in [2.45, 2.75) is 13.2 Å². The number of rotatable bonds is 4. The van der Waals surface area contributed by atoms with Gasteiger partial charge in [0.1, 0.15) is 23.8 Å². The van der Waals surface area contributed by atoms with E-state index < -0.39 is 11.8 Å². The fourth-order valence-electron chi connectivity index (χ4n) is 2.89. The minimum atomic E-state index is -0.647. The lowest BCUT2D eigenvalue weighted by Gasteiger charge is -2.10. The molecule has 0 bridgehead atoms. The first-order valence-electron chi connectivity index (χ1n) is 8.29. The Hall–Kier alpha value is -3.57. The number of thiophene rings is 1. The van der Waals surface area contributed by atoms with Crippen LogP contribution in [-0.2, 0) is 17.9 Å². The number of benzene rings is 2. The van der Waals surface area contributed by atoms with Crippen LogP contribution in [0, 0.1) is 17.1 Å². The fraction of sp³-hybridized carbons (Fsp3) is 0.100. The number of fused-ring (bicyclic) bond motifs is 2. The minimum absolute atomic E-state index is 0.172. The number of carbonyl (C=O) groups is 1. The van der Waals surface area contributed by atoms with Crippen LogP contribution in [0.15, 0.2) is 53.3 Å². The molecule has 0 saturated carbocycles. The maximum absolute atomic E-state index is 13.8. The van der Waals surface area contributed by atoms with Gasteiger partial charge in [0.15, 0.2) is 5.82 Å². The molecule has 2 aromatic carbocycles. The van der Waals surface area contributed by atoms with E-state index in [4.69, 9.17) is 10.00 Å². The van der Waals surface area contributed by atoms with Gasteiger partial charge in [-0.2, -0.15) is 5.26 Å². The third-order valence-electron chi connectivity index (χ3n) is 4.21. The number of halogens is 1. The van der Waals surface area contributed by atoms with E-state index >= 15 is 0 Å². The first-order chi connectivity index (χ1) is 13.6. The number of hydrogen-bond acceptors (Lipinski definition) is 6. The van der Waals surface area contributed by atoms with E-state index in [2.05, 4.69) is 4.98 Å². The molecule has 0 saturated heterocycles. The third kappa shape index (κ3) is 3.12. The molecule has 8 heteroatoms. The summed E-state index contributed by atoms with van der Waals surface area (Å²) in [5.74, 6) is -0.885. The summed E-state index contributed by atoms with van der Waals surface area (Å²) >= 11 is 1.12. The van der Waals surface area contributed by atoms with Crippen LogP contribution in [0.2, 0.25) is 0 Å². The molecule has 0 radical (unpaired) electrons. The predicted octanol–water partition coefficient (Wildman–Crippen LogP) is 3.63. The van der Waals surface area contributed by atoms with Crippen molar-refractivity contribution in [2.24, 2.45) is 0 Å². The van der Waals surface area contributed by atoms with Gasteiger partial charge in [-0.05, 0) is 30.3 Å². The van der Waals surface area contributed by atoms with Crippen LogP contribution < -0.4 is 5.56 Å². The quantitative estimate of drug-likeness (QED) is 0.494. The molecule has 138 valence electrons. The minimum Gasteiger partial charge on any atom is -0.453 e. The van der Waals surface area contributed by atoms with Crippen LogP contribution >= 0.6 is 11.3 Å². The average Bonchev–Trinajstić information content (AvgIpc) is 3.14. The zero-order valence-corrected chi connectivity index (χ0v) is 15.2. The molecule has 0 unspecified atom stereocenters. The van der Waals surface area contributed by atoms with E-state index in [1.54, 1.807) is 36.4 Å². The summed E-state index contributed by atoms with van der Waals surface area (Å²) in [6.07, 6.45) is 0. The Labute approximate surface area is 162 Å². The van der Waals surface area contributed by atoms with Crippen molar-refractivity contribution in [1.82, 2.24) is 9.55 Å². The Bertz CT molecular complexity index is 1320. The van der Waals surface area contributed by atoms with Gasteiger partial charge in [0, 0.05) is 10.1 Å². The van der Waals surface area contributed by atoms with Crippen molar-refractivity contribution in [3.05, 3.63) is 75.4 Å². The summed E-state index contributed by atoms with van der Waals surface area (Å²) in [6, 6.07) is 14.7. The van der Waals surface area contributed by atoms with Crippen LogP contribution in [0.1, 0.15) is 15.5 Å². The van der Waals surface area contributed by atoms with Gasteiger partial charge in [0.2, 0.25) is 0 Å². The van der Waals surface area contributed by atoms with Crippen LogP contribution in [-0.4, -0.2) is 15.5 Å². The van der Waals surface area contributed by atoms with Gasteiger partial charge >= 0.3 is 5.97 Å². The molecule has 0 aliphatic heterocycles. The van der Waals surface area contributed by atoms with Crippen LogP contribution in [0.5, 0.6) is 0 Å². The van der Waals surface area contributed by atoms with Gasteiger partial charge in [-0.1, -0.05) is 18.2 Å². The smallest absolute Gasteiger partial charge is 0.348 e. The Kier molecular flexibility index (Phi) is 4.59. The van der Waals surface area contributed by atoms with Crippen LogP contribution in [0.4, 0.5) is 4.39 Å². The Morgan fingerprint density at radius 3 is 2.82 bits per heavy atom. The van der Waals surface area contributed by atoms with Gasteiger partial charge in [-0.15, -0.1) is 11.3 Å². The highest BCUT2D eigenvalue weighted by atomic mass is 32.1. The Morgan fingerprint density at radius 1 is 1.21 bits per heavy atom. The molecule has 2 heterocycles. The summed E-state index contributed by atoms with van der Waals surface area (Å²) < 4.78 is 20.9. The van der Waals surface area contributed by atoms with Crippen LogP contribution in [0.3, 0.4) is 0 Å². The molecule has 4 rings (SSSR count). The summed E-state index contributed by atoms with van der Waals surface area (Å²) in [7, 11) is 0. The van der Waals surface area contributed by atoms with E-state index in [0.717, 1.165) is 11.3 Å². The highest BCUT2D eigenvalue weighted by Gasteiger charge is 2.16. The lowest BCUT2D eigenvalue weighted by molar-refractivity contribution is 0.0463. The molecule has 0 amide bonds. The maximum atomic E-state index is 13.8. The highest BCUT2D eigenvalue weighted by Crippen LogP contribution is 2.28. The third-order valence-corrected chi connectivity index (χ3v) is 5.29. The second-order valence-electron chi connectivity index (χ2n) is 5.93. The van der Waals surface area contributed by atoms with Gasteiger partial charge < -0.3 is 4.74 Å². The molecule has 0 atom stereocenters. The topological polar surface area (TPSA) is 85.0 Å². The summed E-state index contributed by atoms with van der Waals surface area (Å²) in [5, 5.41) is 9.76. The van der Waals surface area contributed by atoms with Crippen molar-refractivity contribution in [2.75, 3.05) is 0 Å². The fourth-order valence-corrected chi connectivity index (χ4v) is 3.85. The van der Waals surface area contributed by atoms with E-state index in [1.807, 2.05) is 6.07 Å². The second-order valence-corrected chi connectivity index (χ2v) is 7.02. The number of carbonyl (C=O) groups excluding carboxylic acids is 1. The molecular weight excluding hydrogens is 381 g/mol. The number of hydrogen-bond donors (Lipinski definition) is 0. The first kappa shape index (κ1) is 17.8.